The monoisotopic (exact) mass is 628 g/mol. The van der Waals surface area contributed by atoms with Crippen LogP contribution in [0, 0.1) is 23.6 Å². The van der Waals surface area contributed by atoms with E-state index in [2.05, 4.69) is 22.5 Å². The highest BCUT2D eigenvalue weighted by molar-refractivity contribution is 8.45. The molecule has 0 radical (unpaired) electrons. The first kappa shape index (κ1) is 32.0. The summed E-state index contributed by atoms with van der Waals surface area (Å²) in [6, 6.07) is 1.22. The number of anilines is 1. The third-order valence-corrected chi connectivity index (χ3v) is 9.38. The van der Waals surface area contributed by atoms with Crippen molar-refractivity contribution >= 4 is 28.1 Å². The van der Waals surface area contributed by atoms with Gasteiger partial charge in [-0.3, -0.25) is 9.78 Å². The number of nitrogens with one attached hydrogen (secondary N) is 2. The van der Waals surface area contributed by atoms with Crippen LogP contribution in [0.15, 0.2) is 47.6 Å². The van der Waals surface area contributed by atoms with E-state index >= 15 is 0 Å². The summed E-state index contributed by atoms with van der Waals surface area (Å²) in [4.78, 5) is 26.1. The Morgan fingerprint density at radius 1 is 1.12 bits per heavy atom. The Kier molecular flexibility index (Phi) is 8.11. The summed E-state index contributed by atoms with van der Waals surface area (Å²) in [5.41, 5.74) is -0.00637. The number of fused-ring (bicyclic) bond motifs is 1. The predicted molar refractivity (Wildman–Crippen MR) is 143 cm³/mol. The van der Waals surface area contributed by atoms with E-state index in [-0.39, 0.29) is 42.3 Å². The number of aldehydes is 1. The molecular weight excluding hydrogens is 596 g/mol. The van der Waals surface area contributed by atoms with E-state index in [0.717, 1.165) is 49.1 Å². The van der Waals surface area contributed by atoms with Crippen LogP contribution in [0.2, 0.25) is 0 Å². The SMILES string of the molecule is CC1C2CNC(C=O)C12.CN(c1ccc(S(F)(F)(F)(F)F)cc1)C(C(=O)NC1CCC(F)(F)CC1)c1cncc(F)c1. The van der Waals surface area contributed by atoms with Gasteiger partial charge in [0.05, 0.1) is 12.2 Å². The molecule has 234 valence electrons. The van der Waals surface area contributed by atoms with Gasteiger partial charge in [-0.05, 0) is 67.5 Å². The number of nitrogens with zero attached hydrogens (tertiary/aromatic N) is 2. The van der Waals surface area contributed by atoms with Crippen LogP contribution < -0.4 is 15.5 Å². The van der Waals surface area contributed by atoms with Crippen molar-refractivity contribution in [2.24, 2.45) is 17.8 Å². The molecule has 2 heterocycles. The van der Waals surface area contributed by atoms with Crippen molar-refractivity contribution < 1.29 is 42.2 Å². The molecule has 1 aliphatic heterocycles. The third kappa shape index (κ3) is 7.52. The largest absolute Gasteiger partial charge is 0.359 e. The highest BCUT2D eigenvalue weighted by Crippen LogP contribution is 3.02. The summed E-state index contributed by atoms with van der Waals surface area (Å²) < 4.78 is 106. The van der Waals surface area contributed by atoms with Gasteiger partial charge in [0.15, 0.2) is 0 Å². The minimum atomic E-state index is -9.88. The highest BCUT2D eigenvalue weighted by Gasteiger charge is 2.65. The van der Waals surface area contributed by atoms with Crippen molar-refractivity contribution in [1.29, 1.82) is 0 Å². The maximum atomic E-state index is 13.8. The van der Waals surface area contributed by atoms with Crippen LogP contribution in [0.5, 0.6) is 0 Å². The number of likely N-dealkylation sites (N-methyl/N-ethyl adjacent to an activating group) is 1. The van der Waals surface area contributed by atoms with E-state index < -0.39 is 57.7 Å². The van der Waals surface area contributed by atoms with Gasteiger partial charge in [0.1, 0.15) is 23.0 Å². The standard InChI is InChI=1S/C20H21F8N3OS.C7H11NO/c1-31(16-2-4-17(5-3-16)33(24,25,26,27)28)18(13-10-14(21)12-29-11-13)19(32)30-15-6-8-20(22,23)9-7-15;1-4-5-2-8-6(3-9)7(4)5/h2-5,10-12,15,18H,6-9H2,1H3,(H,30,32);3-8H,2H2,1H3. The Balaban J connectivity index is 0.000000377. The van der Waals surface area contributed by atoms with Crippen LogP contribution >= 0.6 is 10.2 Å². The van der Waals surface area contributed by atoms with E-state index in [9.17, 15) is 42.2 Å². The second kappa shape index (κ2) is 10.6. The molecule has 2 N–H and O–H groups in total. The predicted octanol–water partition coefficient (Wildman–Crippen LogP) is 6.79. The van der Waals surface area contributed by atoms with E-state index in [1.807, 2.05) is 0 Å². The number of hydrogen-bond acceptors (Lipinski definition) is 5. The van der Waals surface area contributed by atoms with Crippen LogP contribution in [0.25, 0.3) is 0 Å². The number of aromatic nitrogens is 1. The number of amides is 1. The Labute approximate surface area is 238 Å². The number of carbonyl (C=O) groups is 2. The fourth-order valence-electron chi connectivity index (χ4n) is 5.72. The maximum absolute atomic E-state index is 13.8. The van der Waals surface area contributed by atoms with Gasteiger partial charge < -0.3 is 20.3 Å². The Morgan fingerprint density at radius 2 is 1.74 bits per heavy atom. The van der Waals surface area contributed by atoms with Crippen LogP contribution in [0.3, 0.4) is 0 Å². The van der Waals surface area contributed by atoms with E-state index in [1.165, 1.54) is 18.1 Å². The van der Waals surface area contributed by atoms with Crippen molar-refractivity contribution in [3.05, 3.63) is 54.1 Å². The molecule has 0 bridgehead atoms. The van der Waals surface area contributed by atoms with Gasteiger partial charge in [0.25, 0.3) is 0 Å². The first-order valence-electron chi connectivity index (χ1n) is 13.3. The van der Waals surface area contributed by atoms with E-state index in [1.54, 1.807) is 0 Å². The second-order valence-corrected chi connectivity index (χ2v) is 13.6. The molecule has 5 rings (SSSR count). The zero-order valence-corrected chi connectivity index (χ0v) is 23.6. The van der Waals surface area contributed by atoms with Crippen LogP contribution in [0.4, 0.5) is 38.3 Å². The molecule has 5 unspecified atom stereocenters. The van der Waals surface area contributed by atoms with E-state index in [4.69, 9.17) is 0 Å². The van der Waals surface area contributed by atoms with Gasteiger partial charge in [0.2, 0.25) is 11.8 Å². The molecule has 1 saturated heterocycles. The number of piperidine rings is 1. The lowest BCUT2D eigenvalue weighted by Gasteiger charge is -2.40. The molecule has 1 aromatic heterocycles. The van der Waals surface area contributed by atoms with Gasteiger partial charge in [-0.2, -0.15) is 0 Å². The van der Waals surface area contributed by atoms with Gasteiger partial charge in [-0.1, -0.05) is 26.4 Å². The van der Waals surface area contributed by atoms with Gasteiger partial charge in [-0.15, -0.1) is 0 Å². The summed E-state index contributed by atoms with van der Waals surface area (Å²) in [6.45, 7) is 3.29. The number of hydrogen-bond donors (Lipinski definition) is 2. The average molecular weight is 629 g/mol. The van der Waals surface area contributed by atoms with Gasteiger partial charge >= 0.3 is 10.2 Å². The molecule has 1 aromatic carbocycles. The quantitative estimate of drug-likeness (QED) is 0.261. The van der Waals surface area contributed by atoms with Crippen LogP contribution in [0.1, 0.15) is 44.2 Å². The first-order chi connectivity index (χ1) is 19.3. The highest BCUT2D eigenvalue weighted by atomic mass is 32.5. The number of halogens is 8. The Hall–Kier alpha value is -2.94. The second-order valence-electron chi connectivity index (χ2n) is 11.2. The van der Waals surface area contributed by atoms with Crippen molar-refractivity contribution in [1.82, 2.24) is 15.6 Å². The lowest BCUT2D eigenvalue weighted by Crippen LogP contribution is -2.46. The number of alkyl halides is 2. The molecular formula is C27H32F8N4O2S. The van der Waals surface area contributed by atoms with Crippen LogP contribution in [-0.4, -0.2) is 48.8 Å². The van der Waals surface area contributed by atoms with Gasteiger partial charge in [-0.25, -0.2) is 13.2 Å². The van der Waals surface area contributed by atoms with Crippen molar-refractivity contribution in [3.63, 3.8) is 0 Å². The Bertz CT molecular complexity index is 1300. The molecule has 0 spiro atoms. The van der Waals surface area contributed by atoms with Crippen LogP contribution in [-0.2, 0) is 9.59 Å². The maximum Gasteiger partial charge on any atom is 0.310 e. The number of pyridine rings is 1. The molecule has 3 aliphatic rings. The number of carbonyl (C=O) groups excluding carboxylic acids is 2. The summed E-state index contributed by atoms with van der Waals surface area (Å²) in [5.74, 6) is -2.03. The molecule has 5 atom stereocenters. The Morgan fingerprint density at radius 3 is 2.21 bits per heavy atom. The molecule has 42 heavy (non-hydrogen) atoms. The topological polar surface area (TPSA) is 74.3 Å². The molecule has 15 heteroatoms. The lowest BCUT2D eigenvalue weighted by molar-refractivity contribution is -0.124. The molecule has 3 fully saturated rings. The normalized spacial score (nSPS) is 27.3. The molecule has 2 saturated carbocycles. The van der Waals surface area contributed by atoms with Crippen molar-refractivity contribution in [2.75, 3.05) is 18.5 Å². The van der Waals surface area contributed by atoms with Gasteiger partial charge in [0, 0.05) is 43.4 Å². The molecule has 2 aliphatic carbocycles. The molecule has 2 aromatic rings. The molecule has 6 nitrogen and oxygen atoms in total. The summed E-state index contributed by atoms with van der Waals surface area (Å²) in [5, 5.41) is 5.78. The smallest absolute Gasteiger partial charge is 0.310 e. The lowest BCUT2D eigenvalue weighted by atomic mass is 9.92. The minimum absolute atomic E-state index is 0.00910. The average Bonchev–Trinajstić information content (AvgIpc) is 3.32. The summed E-state index contributed by atoms with van der Waals surface area (Å²) in [7, 11) is -8.58. The fraction of sp³-hybridized carbons (Fsp3) is 0.519. The minimum Gasteiger partial charge on any atom is -0.359 e. The van der Waals surface area contributed by atoms with Crippen molar-refractivity contribution in [3.8, 4) is 0 Å². The summed E-state index contributed by atoms with van der Waals surface area (Å²) >= 11 is 0. The summed E-state index contributed by atoms with van der Waals surface area (Å²) in [6.07, 6.45) is 2.27. The fourth-order valence-corrected chi connectivity index (χ4v) is 6.37. The third-order valence-electron chi connectivity index (χ3n) is 8.22. The molecule has 1 amide bonds. The van der Waals surface area contributed by atoms with Crippen molar-refractivity contribution in [2.45, 2.75) is 61.6 Å². The zero-order valence-electron chi connectivity index (χ0n) is 22.8. The first-order valence-corrected chi connectivity index (χ1v) is 15.3. The van der Waals surface area contributed by atoms with E-state index in [0.29, 0.717) is 5.92 Å². The zero-order chi connectivity index (χ0) is 31.2. The number of rotatable bonds is 7. The number of benzene rings is 1.